The molecule has 0 N–H and O–H groups in total. The van der Waals surface area contributed by atoms with E-state index in [1.165, 1.54) is 6.92 Å². The Bertz CT molecular complexity index is 710. The Hall–Kier alpha value is -2.38. The first-order chi connectivity index (χ1) is 10.9. The van der Waals surface area contributed by atoms with Gasteiger partial charge in [0.2, 0.25) is 11.7 Å². The molecule has 0 radical (unpaired) electrons. The monoisotopic (exact) mass is 325 g/mol. The molecule has 8 heteroatoms. The number of halogens is 3. The molecule has 1 aliphatic heterocycles. The van der Waals surface area contributed by atoms with Gasteiger partial charge in [-0.15, -0.1) is 0 Å². The van der Waals surface area contributed by atoms with Gasteiger partial charge in [0, 0.05) is 19.0 Å². The number of likely N-dealkylation sites (tertiary alicyclic amines) is 1. The summed E-state index contributed by atoms with van der Waals surface area (Å²) < 4.78 is 41.6. The molecule has 2 heterocycles. The van der Waals surface area contributed by atoms with Crippen LogP contribution < -0.4 is 0 Å². The third-order valence-electron chi connectivity index (χ3n) is 3.88. The van der Waals surface area contributed by atoms with E-state index < -0.39 is 12.1 Å². The summed E-state index contributed by atoms with van der Waals surface area (Å²) in [5.74, 6) is -1.46. The average Bonchev–Trinajstić information content (AvgIpc) is 3.16. The summed E-state index contributed by atoms with van der Waals surface area (Å²) in [5.41, 5.74) is 1.38. The second-order valence-electron chi connectivity index (χ2n) is 5.41. The van der Waals surface area contributed by atoms with Gasteiger partial charge in [0.25, 0.3) is 0 Å². The maximum atomic E-state index is 12.5. The molecule has 0 spiro atoms. The number of aromatic nitrogens is 2. The molecule has 5 nitrogen and oxygen atoms in total. The molecule has 1 aromatic heterocycles. The van der Waals surface area contributed by atoms with Crippen molar-refractivity contribution in [2.45, 2.75) is 32.0 Å². The zero-order valence-corrected chi connectivity index (χ0v) is 12.3. The van der Waals surface area contributed by atoms with Gasteiger partial charge < -0.3 is 9.42 Å². The van der Waals surface area contributed by atoms with Crippen LogP contribution in [-0.4, -0.2) is 27.5 Å². The summed E-state index contributed by atoms with van der Waals surface area (Å²) >= 11 is 0. The molecule has 3 rings (SSSR count). The third kappa shape index (κ3) is 3.06. The van der Waals surface area contributed by atoms with Crippen molar-refractivity contribution in [3.63, 3.8) is 0 Å². The zero-order valence-electron chi connectivity index (χ0n) is 12.3. The summed E-state index contributed by atoms with van der Waals surface area (Å²) in [6.45, 7) is 2.26. The van der Waals surface area contributed by atoms with Gasteiger partial charge in [-0.1, -0.05) is 29.4 Å². The van der Waals surface area contributed by atoms with Gasteiger partial charge in [0.15, 0.2) is 0 Å². The highest BCUT2D eigenvalue weighted by Gasteiger charge is 2.38. The first kappa shape index (κ1) is 15.5. The van der Waals surface area contributed by atoms with E-state index >= 15 is 0 Å². The Morgan fingerprint density at radius 2 is 2.00 bits per heavy atom. The largest absolute Gasteiger partial charge is 0.471 e. The summed E-state index contributed by atoms with van der Waals surface area (Å²) in [4.78, 5) is 16.8. The Labute approximate surface area is 130 Å². The predicted molar refractivity (Wildman–Crippen MR) is 74.1 cm³/mol. The fourth-order valence-corrected chi connectivity index (χ4v) is 2.80. The molecular weight excluding hydrogens is 311 g/mol. The molecule has 2 aromatic rings. The van der Waals surface area contributed by atoms with E-state index in [9.17, 15) is 18.0 Å². The van der Waals surface area contributed by atoms with Crippen LogP contribution in [0, 0.1) is 0 Å². The molecule has 1 saturated heterocycles. The van der Waals surface area contributed by atoms with Crippen molar-refractivity contribution in [3.05, 3.63) is 35.7 Å². The minimum atomic E-state index is -4.66. The highest BCUT2D eigenvalue weighted by molar-refractivity contribution is 5.74. The third-order valence-corrected chi connectivity index (χ3v) is 3.88. The van der Waals surface area contributed by atoms with E-state index in [0.29, 0.717) is 5.56 Å². The molecule has 0 aliphatic carbocycles. The topological polar surface area (TPSA) is 59.2 Å². The molecule has 23 heavy (non-hydrogen) atoms. The first-order valence-electron chi connectivity index (χ1n) is 7.14. The number of alkyl halides is 3. The predicted octanol–water partition coefficient (Wildman–Crippen LogP) is 3.44. The molecule has 0 bridgehead atoms. The number of nitrogens with zero attached hydrogens (tertiary/aromatic N) is 3. The van der Waals surface area contributed by atoms with Crippen molar-refractivity contribution in [1.29, 1.82) is 0 Å². The molecule has 1 fully saturated rings. The highest BCUT2D eigenvalue weighted by Crippen LogP contribution is 2.33. The maximum Gasteiger partial charge on any atom is 0.471 e. The fourth-order valence-electron chi connectivity index (χ4n) is 2.80. The average molecular weight is 325 g/mol. The number of hydrogen-bond acceptors (Lipinski definition) is 4. The molecule has 1 amide bonds. The summed E-state index contributed by atoms with van der Waals surface area (Å²) in [6.07, 6.45) is -2.85. The minimum absolute atomic E-state index is 0.0116. The number of benzene rings is 1. The summed E-state index contributed by atoms with van der Waals surface area (Å²) in [7, 11) is 0. The van der Waals surface area contributed by atoms with Crippen molar-refractivity contribution in [2.24, 2.45) is 0 Å². The van der Waals surface area contributed by atoms with Crippen LogP contribution in [0.2, 0.25) is 0 Å². The number of carbonyl (C=O) groups excluding carboxylic acids is 1. The standard InChI is InChI=1S/C15H14F3N3O2/c1-9(22)21-8-2-3-12(21)10-4-6-11(7-5-10)13-19-14(23-20-13)15(16,17)18/h4-7,12H,2-3,8H2,1H3. The van der Waals surface area contributed by atoms with Crippen LogP contribution in [0.5, 0.6) is 0 Å². The summed E-state index contributed by atoms with van der Waals surface area (Å²) in [5, 5.41) is 3.35. The molecule has 122 valence electrons. The van der Waals surface area contributed by atoms with Crippen LogP contribution in [0.3, 0.4) is 0 Å². The Morgan fingerprint density at radius 1 is 1.30 bits per heavy atom. The lowest BCUT2D eigenvalue weighted by Crippen LogP contribution is -2.27. The SMILES string of the molecule is CC(=O)N1CCCC1c1ccc(-c2noc(C(F)(F)F)n2)cc1. The second kappa shape index (κ2) is 5.68. The maximum absolute atomic E-state index is 12.5. The van der Waals surface area contributed by atoms with Crippen molar-refractivity contribution < 1.29 is 22.5 Å². The van der Waals surface area contributed by atoms with Crippen LogP contribution in [0.4, 0.5) is 13.2 Å². The lowest BCUT2D eigenvalue weighted by atomic mass is 10.0. The lowest BCUT2D eigenvalue weighted by molar-refractivity contribution is -0.159. The minimum Gasteiger partial charge on any atom is -0.336 e. The van der Waals surface area contributed by atoms with Crippen LogP contribution in [-0.2, 0) is 11.0 Å². The molecule has 1 unspecified atom stereocenters. The van der Waals surface area contributed by atoms with Crippen LogP contribution in [0.1, 0.15) is 37.3 Å². The van der Waals surface area contributed by atoms with Crippen molar-refractivity contribution in [2.75, 3.05) is 6.54 Å². The Morgan fingerprint density at radius 3 is 2.57 bits per heavy atom. The number of amides is 1. The van der Waals surface area contributed by atoms with Gasteiger partial charge in [-0.3, -0.25) is 4.79 Å². The van der Waals surface area contributed by atoms with E-state index in [4.69, 9.17) is 0 Å². The number of hydrogen-bond donors (Lipinski definition) is 0. The van der Waals surface area contributed by atoms with E-state index in [2.05, 4.69) is 14.7 Å². The smallest absolute Gasteiger partial charge is 0.336 e. The van der Waals surface area contributed by atoms with Crippen molar-refractivity contribution >= 4 is 5.91 Å². The molecule has 1 aliphatic rings. The quantitative estimate of drug-likeness (QED) is 0.849. The highest BCUT2D eigenvalue weighted by atomic mass is 19.4. The van der Waals surface area contributed by atoms with Gasteiger partial charge in [-0.25, -0.2) is 0 Å². The fraction of sp³-hybridized carbons (Fsp3) is 0.400. The summed E-state index contributed by atoms with van der Waals surface area (Å²) in [6, 6.07) is 6.85. The normalized spacial score (nSPS) is 18.4. The van der Waals surface area contributed by atoms with Crippen LogP contribution in [0.25, 0.3) is 11.4 Å². The molecule has 1 atom stereocenters. The molecular formula is C15H14F3N3O2. The van der Waals surface area contributed by atoms with Crippen LogP contribution >= 0.6 is 0 Å². The van der Waals surface area contributed by atoms with Crippen molar-refractivity contribution in [1.82, 2.24) is 15.0 Å². The zero-order chi connectivity index (χ0) is 16.6. The molecule has 0 saturated carbocycles. The van der Waals surface area contributed by atoms with Gasteiger partial charge in [-0.2, -0.15) is 18.2 Å². The lowest BCUT2D eigenvalue weighted by Gasteiger charge is -2.23. The van der Waals surface area contributed by atoms with Gasteiger partial charge in [-0.05, 0) is 18.4 Å². The van der Waals surface area contributed by atoms with Gasteiger partial charge in [0.05, 0.1) is 6.04 Å². The second-order valence-corrected chi connectivity index (χ2v) is 5.41. The number of carbonyl (C=O) groups is 1. The van der Waals surface area contributed by atoms with E-state index in [0.717, 1.165) is 24.9 Å². The van der Waals surface area contributed by atoms with Gasteiger partial charge in [0.1, 0.15) is 0 Å². The number of rotatable bonds is 2. The Balaban J connectivity index is 1.82. The van der Waals surface area contributed by atoms with Gasteiger partial charge >= 0.3 is 12.1 Å². The van der Waals surface area contributed by atoms with E-state index in [1.54, 1.807) is 29.2 Å². The Kier molecular flexibility index (Phi) is 3.83. The van der Waals surface area contributed by atoms with E-state index in [-0.39, 0.29) is 17.8 Å². The van der Waals surface area contributed by atoms with E-state index in [1.807, 2.05) is 0 Å². The van der Waals surface area contributed by atoms with Crippen LogP contribution in [0.15, 0.2) is 28.8 Å². The first-order valence-corrected chi connectivity index (χ1v) is 7.14. The van der Waals surface area contributed by atoms with Crippen molar-refractivity contribution in [3.8, 4) is 11.4 Å². The molecule has 1 aromatic carbocycles.